The van der Waals surface area contributed by atoms with Gasteiger partial charge in [0.15, 0.2) is 23.4 Å². The number of hydrogen-bond acceptors (Lipinski definition) is 14. The van der Waals surface area contributed by atoms with Gasteiger partial charge in [0, 0.05) is 61.2 Å². The third-order valence-electron chi connectivity index (χ3n) is 14.8. The Morgan fingerprint density at radius 3 is 1.39 bits per heavy atom. The molecule has 10 rings (SSSR count). The summed E-state index contributed by atoms with van der Waals surface area (Å²) < 4.78 is 92.6. The highest BCUT2D eigenvalue weighted by Gasteiger charge is 2.61. The van der Waals surface area contributed by atoms with Crippen LogP contribution >= 0.6 is 22.7 Å². The van der Waals surface area contributed by atoms with Gasteiger partial charge in [0.25, 0.3) is 20.0 Å². The number of allylic oxidation sites excluding steroid dienone is 2. The zero-order valence-corrected chi connectivity index (χ0v) is 42.3. The third kappa shape index (κ3) is 7.88. The molecular weight excluding hydrogens is 959 g/mol. The molecule has 0 aromatic carbocycles. The maximum atomic E-state index is 14.3. The van der Waals surface area contributed by atoms with E-state index >= 15 is 0 Å². The number of thiophene rings is 2. The summed E-state index contributed by atoms with van der Waals surface area (Å²) in [4.78, 5) is 60.0. The molecule has 4 aliphatic carbocycles. The number of anilines is 2. The van der Waals surface area contributed by atoms with Crippen LogP contribution < -0.4 is 10.6 Å². The number of likely N-dealkylation sites (tertiary alicyclic amines) is 2. The SMILES string of the molecule is CC(C)(C)CCN1C(=O)C(C2=NS(=O)(=O)c3c(CN(Cc4csc5c4S(=O)(=O)N=C(C4C(=O)C6C7C=CC(C7)C6N(CCC(C)(C)C)C4=O)N5)S(C)(=O)=O)csc3N2)C(=O)C2C3C=CC(C3)C21. The number of fused-ring (bicyclic) bond motifs is 12. The van der Waals surface area contributed by atoms with Crippen molar-refractivity contribution >= 4 is 97.8 Å². The lowest BCUT2D eigenvalue weighted by Crippen LogP contribution is -2.61. The van der Waals surface area contributed by atoms with Crippen molar-refractivity contribution in [3.8, 4) is 0 Å². The topological polar surface area (TPSA) is 229 Å². The summed E-state index contributed by atoms with van der Waals surface area (Å²) in [6, 6.07) is -0.609. The van der Waals surface area contributed by atoms with E-state index in [-0.39, 0.29) is 101 Å². The van der Waals surface area contributed by atoms with Gasteiger partial charge >= 0.3 is 0 Å². The summed E-state index contributed by atoms with van der Waals surface area (Å²) in [5, 5.41) is 9.03. The molecule has 4 bridgehead atoms. The first-order chi connectivity index (χ1) is 31.2. The monoisotopic (exact) mass is 1010 g/mol. The fourth-order valence-electron chi connectivity index (χ4n) is 11.7. The van der Waals surface area contributed by atoms with E-state index in [1.54, 1.807) is 9.80 Å². The molecule has 6 heterocycles. The Morgan fingerprint density at radius 2 is 1.03 bits per heavy atom. The molecule has 10 atom stereocenters. The van der Waals surface area contributed by atoms with Crippen LogP contribution in [0.1, 0.15) is 78.4 Å². The second-order valence-corrected chi connectivity index (χ2v) is 28.6. The minimum Gasteiger partial charge on any atom is -0.337 e. The molecule has 2 aromatic rings. The van der Waals surface area contributed by atoms with Crippen molar-refractivity contribution in [1.29, 1.82) is 0 Å². The highest BCUT2D eigenvalue weighted by molar-refractivity contribution is 7.91. The molecule has 4 aliphatic heterocycles. The molecule has 2 amide bonds. The molecule has 360 valence electrons. The average molecular weight is 1010 g/mol. The Hall–Kier alpha value is -4.09. The van der Waals surface area contributed by atoms with E-state index in [9.17, 15) is 44.4 Å². The summed E-state index contributed by atoms with van der Waals surface area (Å²) in [7, 11) is -13.4. The van der Waals surface area contributed by atoms with Crippen LogP contribution in [0.25, 0.3) is 0 Å². The maximum Gasteiger partial charge on any atom is 0.287 e. The van der Waals surface area contributed by atoms with Crippen LogP contribution in [0.5, 0.6) is 0 Å². The number of amides is 2. The first kappa shape index (κ1) is 46.6. The second-order valence-electron chi connectivity index (χ2n) is 21.8. The van der Waals surface area contributed by atoms with Gasteiger partial charge in [-0.3, -0.25) is 19.2 Å². The van der Waals surface area contributed by atoms with E-state index < -0.39 is 78.6 Å². The fraction of sp³-hybridized carbons (Fsp3) is 0.600. The van der Waals surface area contributed by atoms with E-state index in [1.165, 1.54) is 10.8 Å². The van der Waals surface area contributed by atoms with Crippen LogP contribution in [0.3, 0.4) is 0 Å². The quantitative estimate of drug-likeness (QED) is 0.221. The lowest BCUT2D eigenvalue weighted by atomic mass is 9.75. The van der Waals surface area contributed by atoms with Crippen molar-refractivity contribution in [2.45, 2.75) is 102 Å². The molecule has 8 aliphatic rings. The fourth-order valence-corrected chi connectivity index (χ4v) is 17.7. The molecular formula is C45H55N7O10S5. The molecule has 0 radical (unpaired) electrons. The van der Waals surface area contributed by atoms with E-state index in [2.05, 4.69) is 73.1 Å². The van der Waals surface area contributed by atoms with Crippen molar-refractivity contribution in [2.75, 3.05) is 30.0 Å². The Labute approximate surface area is 399 Å². The highest BCUT2D eigenvalue weighted by Crippen LogP contribution is 2.53. The van der Waals surface area contributed by atoms with Gasteiger partial charge in [-0.25, -0.2) is 8.42 Å². The van der Waals surface area contributed by atoms with Gasteiger partial charge in [0.2, 0.25) is 21.8 Å². The minimum absolute atomic E-state index is 0.0414. The first-order valence-electron chi connectivity index (χ1n) is 22.7. The number of rotatable bonds is 11. The number of amidine groups is 2. The maximum absolute atomic E-state index is 14.3. The van der Waals surface area contributed by atoms with Gasteiger partial charge in [-0.1, -0.05) is 65.8 Å². The zero-order valence-electron chi connectivity index (χ0n) is 38.3. The van der Waals surface area contributed by atoms with E-state index in [0.29, 0.717) is 25.9 Å². The number of carbonyl (C=O) groups is 4. The predicted octanol–water partition coefficient (Wildman–Crippen LogP) is 5.11. The summed E-state index contributed by atoms with van der Waals surface area (Å²) in [5.74, 6) is -6.28. The Morgan fingerprint density at radius 1 is 0.657 bits per heavy atom. The molecule has 4 fully saturated rings. The first-order valence-corrected chi connectivity index (χ1v) is 29.2. The Kier molecular flexibility index (Phi) is 10.9. The predicted molar refractivity (Wildman–Crippen MR) is 254 cm³/mol. The number of piperidine rings is 2. The van der Waals surface area contributed by atoms with Gasteiger partial charge in [0.05, 0.1) is 6.26 Å². The van der Waals surface area contributed by atoms with Gasteiger partial charge in [0.1, 0.15) is 31.5 Å². The molecule has 67 heavy (non-hydrogen) atoms. The molecule has 2 saturated heterocycles. The van der Waals surface area contributed by atoms with Crippen molar-refractivity contribution in [2.24, 2.45) is 67.0 Å². The van der Waals surface area contributed by atoms with E-state index in [1.807, 2.05) is 12.2 Å². The lowest BCUT2D eigenvalue weighted by molar-refractivity contribution is -0.152. The van der Waals surface area contributed by atoms with Crippen molar-refractivity contribution in [3.63, 3.8) is 0 Å². The number of hydrogen-bond donors (Lipinski definition) is 2. The van der Waals surface area contributed by atoms with Crippen LogP contribution in [0.2, 0.25) is 0 Å². The normalized spacial score (nSPS) is 32.2. The van der Waals surface area contributed by atoms with E-state index in [4.69, 9.17) is 0 Å². The van der Waals surface area contributed by atoms with Crippen molar-refractivity contribution in [1.82, 2.24) is 14.1 Å². The van der Waals surface area contributed by atoms with Gasteiger partial charge in [-0.05, 0) is 70.9 Å². The van der Waals surface area contributed by atoms with Gasteiger partial charge in [-0.15, -0.1) is 31.5 Å². The molecule has 10 unspecified atom stereocenters. The summed E-state index contributed by atoms with van der Waals surface area (Å²) in [5.41, 5.74) is -0.114. The standard InChI is InChI=1S/C45H55N7O10S5/c1-44(2,3)12-14-51-32-24-10-8-22(16-24)28(32)34(53)30(42(51)55)38-46-40-36(66(59,60)48-38)26(20-63-40)18-50(65(7,57)58)19-27-21-64-41-37(27)67(61,62)49-39(47-41)31-35(54)29-23-9-11-25(17-23)33(29)52(43(31)56)15-13-45(4,5)6/h8-11,20-25,28-33H,12-19H2,1-7H3,(H,46,48)(H,47,49). The second kappa shape index (κ2) is 15.7. The van der Waals surface area contributed by atoms with Crippen LogP contribution in [-0.4, -0.2) is 106 Å². The number of Topliss-reactive ketones (excluding diaryl/α,β-unsaturated/α-hetero) is 2. The number of carbonyl (C=O) groups excluding carboxylic acids is 4. The number of nitrogens with one attached hydrogen (secondary N) is 2. The molecule has 2 N–H and O–H groups in total. The van der Waals surface area contributed by atoms with E-state index in [0.717, 1.165) is 46.1 Å². The summed E-state index contributed by atoms with van der Waals surface area (Å²) in [6.07, 6.45) is 11.9. The van der Waals surface area contributed by atoms with Gasteiger partial charge in [-0.2, -0.15) is 21.1 Å². The van der Waals surface area contributed by atoms with Crippen LogP contribution in [0, 0.1) is 58.2 Å². The smallest absolute Gasteiger partial charge is 0.287 e. The lowest BCUT2D eigenvalue weighted by Gasteiger charge is -2.45. The largest absolute Gasteiger partial charge is 0.337 e. The number of ketones is 2. The van der Waals surface area contributed by atoms with Gasteiger partial charge < -0.3 is 20.4 Å². The highest BCUT2D eigenvalue weighted by atomic mass is 32.2. The Balaban J connectivity index is 0.904. The van der Waals surface area contributed by atoms with Crippen molar-refractivity contribution < 1.29 is 44.4 Å². The number of sulfonamides is 3. The Bertz CT molecular complexity index is 2810. The van der Waals surface area contributed by atoms with Crippen LogP contribution in [0.15, 0.2) is 53.7 Å². The molecule has 0 spiro atoms. The summed E-state index contributed by atoms with van der Waals surface area (Å²) >= 11 is 1.92. The summed E-state index contributed by atoms with van der Waals surface area (Å²) in [6.45, 7) is 12.2. The molecule has 2 aromatic heterocycles. The van der Waals surface area contributed by atoms with Crippen molar-refractivity contribution in [3.05, 3.63) is 46.2 Å². The zero-order chi connectivity index (χ0) is 48.1. The van der Waals surface area contributed by atoms with Crippen LogP contribution in [-0.2, 0) is 62.3 Å². The number of nitrogens with zero attached hydrogens (tertiary/aromatic N) is 5. The molecule has 2 saturated carbocycles. The molecule has 17 nitrogen and oxygen atoms in total. The minimum atomic E-state index is -4.60. The third-order valence-corrected chi connectivity index (χ3v) is 21.0. The van der Waals surface area contributed by atoms with Crippen LogP contribution in [0.4, 0.5) is 10.0 Å². The average Bonchev–Trinajstić information content (AvgIpc) is 4.07. The molecule has 22 heteroatoms.